The Morgan fingerprint density at radius 1 is 1.26 bits per heavy atom. The molecule has 2 rings (SSSR count). The van der Waals surface area contributed by atoms with Crippen LogP contribution in [0.4, 0.5) is 0 Å². The van der Waals surface area contributed by atoms with Crippen molar-refractivity contribution < 1.29 is 4.74 Å². The van der Waals surface area contributed by atoms with Crippen LogP contribution >= 0.6 is 0 Å². The largest absolute Gasteiger partial charge is 0.481 e. The molecule has 0 fully saturated rings. The van der Waals surface area contributed by atoms with Crippen molar-refractivity contribution in [2.45, 2.75) is 25.8 Å². The zero-order valence-corrected chi connectivity index (χ0v) is 11.8. The molecule has 1 aromatic heterocycles. The zero-order valence-electron chi connectivity index (χ0n) is 11.8. The predicted octanol–water partition coefficient (Wildman–Crippen LogP) is 1.85. The quantitative estimate of drug-likeness (QED) is 0.891. The van der Waals surface area contributed by atoms with E-state index in [4.69, 9.17) is 10.5 Å². The average molecular weight is 259 g/mol. The Labute approximate surface area is 114 Å². The minimum Gasteiger partial charge on any atom is -0.481 e. The zero-order chi connectivity index (χ0) is 13.8. The topological polar surface area (TPSA) is 53.1 Å². The molecule has 0 aliphatic rings. The van der Waals surface area contributed by atoms with Gasteiger partial charge in [-0.1, -0.05) is 30.3 Å². The van der Waals surface area contributed by atoms with E-state index in [0.29, 0.717) is 0 Å². The predicted molar refractivity (Wildman–Crippen MR) is 76.3 cm³/mol. The molecule has 1 aromatic carbocycles. The van der Waals surface area contributed by atoms with Gasteiger partial charge in [-0.15, -0.1) is 0 Å². The molecule has 1 atom stereocenters. The van der Waals surface area contributed by atoms with Crippen LogP contribution in [0.15, 0.2) is 30.3 Å². The first-order chi connectivity index (χ1) is 9.11. The van der Waals surface area contributed by atoms with Crippen LogP contribution in [0.5, 0.6) is 5.88 Å². The average Bonchev–Trinajstić information content (AvgIpc) is 2.65. The van der Waals surface area contributed by atoms with Crippen LogP contribution in [0.3, 0.4) is 0 Å². The lowest BCUT2D eigenvalue weighted by atomic mass is 10.00. The highest BCUT2D eigenvalue weighted by molar-refractivity contribution is 5.32. The summed E-state index contributed by atoms with van der Waals surface area (Å²) in [6.45, 7) is 1.99. The molecule has 4 heteroatoms. The van der Waals surface area contributed by atoms with Crippen LogP contribution in [-0.2, 0) is 19.9 Å². The maximum atomic E-state index is 6.25. The number of benzene rings is 1. The number of aromatic nitrogens is 2. The molecule has 1 unspecified atom stereocenters. The van der Waals surface area contributed by atoms with Crippen LogP contribution < -0.4 is 10.5 Å². The Morgan fingerprint density at radius 3 is 2.58 bits per heavy atom. The van der Waals surface area contributed by atoms with Crippen molar-refractivity contribution in [2.75, 3.05) is 7.11 Å². The lowest BCUT2D eigenvalue weighted by Gasteiger charge is -2.12. The monoisotopic (exact) mass is 259 g/mol. The van der Waals surface area contributed by atoms with E-state index in [2.05, 4.69) is 17.2 Å². The third-order valence-electron chi connectivity index (χ3n) is 3.29. The SMILES string of the molecule is COc1c(CC(N)Cc2ccccc2)c(C)nn1C. The van der Waals surface area contributed by atoms with Crippen LogP contribution in [0.2, 0.25) is 0 Å². The van der Waals surface area contributed by atoms with Gasteiger partial charge in [0, 0.05) is 18.7 Å². The summed E-state index contributed by atoms with van der Waals surface area (Å²) in [5.41, 5.74) is 9.60. The highest BCUT2D eigenvalue weighted by atomic mass is 16.5. The van der Waals surface area contributed by atoms with E-state index in [1.54, 1.807) is 11.8 Å². The number of rotatable bonds is 5. The lowest BCUT2D eigenvalue weighted by molar-refractivity contribution is 0.368. The molecule has 0 saturated heterocycles. The third kappa shape index (κ3) is 3.15. The van der Waals surface area contributed by atoms with E-state index in [9.17, 15) is 0 Å². The third-order valence-corrected chi connectivity index (χ3v) is 3.29. The Balaban J connectivity index is 2.09. The van der Waals surface area contributed by atoms with Gasteiger partial charge in [0.1, 0.15) is 0 Å². The fourth-order valence-corrected chi connectivity index (χ4v) is 2.42. The van der Waals surface area contributed by atoms with Crippen molar-refractivity contribution in [1.29, 1.82) is 0 Å². The molecule has 0 saturated carbocycles. The highest BCUT2D eigenvalue weighted by Crippen LogP contribution is 2.22. The summed E-state index contributed by atoms with van der Waals surface area (Å²) >= 11 is 0. The van der Waals surface area contributed by atoms with Crippen molar-refractivity contribution in [3.8, 4) is 5.88 Å². The van der Waals surface area contributed by atoms with Gasteiger partial charge in [0.25, 0.3) is 0 Å². The normalized spacial score (nSPS) is 12.4. The van der Waals surface area contributed by atoms with Gasteiger partial charge in [0.05, 0.1) is 12.8 Å². The van der Waals surface area contributed by atoms with Gasteiger partial charge in [-0.2, -0.15) is 5.10 Å². The fraction of sp³-hybridized carbons (Fsp3) is 0.400. The molecule has 0 aliphatic heterocycles. The molecule has 0 spiro atoms. The van der Waals surface area contributed by atoms with Crippen molar-refractivity contribution in [2.24, 2.45) is 12.8 Å². The summed E-state index contributed by atoms with van der Waals surface area (Å²) in [6, 6.07) is 10.4. The first kappa shape index (κ1) is 13.6. The number of aryl methyl sites for hydroxylation is 2. The lowest BCUT2D eigenvalue weighted by Crippen LogP contribution is -2.25. The Bertz CT molecular complexity index is 534. The molecule has 2 N–H and O–H groups in total. The van der Waals surface area contributed by atoms with Gasteiger partial charge in [-0.05, 0) is 25.3 Å². The van der Waals surface area contributed by atoms with Crippen LogP contribution in [0.1, 0.15) is 16.8 Å². The second-order valence-corrected chi connectivity index (χ2v) is 4.85. The van der Waals surface area contributed by atoms with Gasteiger partial charge in [-0.3, -0.25) is 0 Å². The van der Waals surface area contributed by atoms with E-state index in [1.165, 1.54) is 5.56 Å². The Morgan fingerprint density at radius 2 is 1.95 bits per heavy atom. The fourth-order valence-electron chi connectivity index (χ4n) is 2.42. The van der Waals surface area contributed by atoms with E-state index >= 15 is 0 Å². The molecular formula is C15H21N3O. The standard InChI is InChI=1S/C15H21N3O/c1-11-14(15(19-3)18(2)17-11)10-13(16)9-12-7-5-4-6-8-12/h4-8,13H,9-10,16H2,1-3H3. The van der Waals surface area contributed by atoms with Gasteiger partial charge >= 0.3 is 0 Å². The number of hydrogen-bond acceptors (Lipinski definition) is 3. The second kappa shape index (κ2) is 5.89. The summed E-state index contributed by atoms with van der Waals surface area (Å²) in [5.74, 6) is 0.806. The van der Waals surface area contributed by atoms with E-state index in [-0.39, 0.29) is 6.04 Å². The summed E-state index contributed by atoms with van der Waals surface area (Å²) in [6.07, 6.45) is 1.63. The Hall–Kier alpha value is -1.81. The van der Waals surface area contributed by atoms with E-state index < -0.39 is 0 Å². The van der Waals surface area contributed by atoms with E-state index in [0.717, 1.165) is 30.0 Å². The highest BCUT2D eigenvalue weighted by Gasteiger charge is 2.16. The minimum atomic E-state index is 0.0687. The van der Waals surface area contributed by atoms with Gasteiger partial charge in [-0.25, -0.2) is 4.68 Å². The Kier molecular flexibility index (Phi) is 4.22. The van der Waals surface area contributed by atoms with Crippen molar-refractivity contribution in [3.05, 3.63) is 47.2 Å². The molecule has 19 heavy (non-hydrogen) atoms. The first-order valence-electron chi connectivity index (χ1n) is 6.47. The van der Waals surface area contributed by atoms with E-state index in [1.807, 2.05) is 32.2 Å². The van der Waals surface area contributed by atoms with Gasteiger partial charge in [0.2, 0.25) is 5.88 Å². The van der Waals surface area contributed by atoms with Gasteiger partial charge in [0.15, 0.2) is 0 Å². The molecule has 0 bridgehead atoms. The summed E-state index contributed by atoms with van der Waals surface area (Å²) in [5, 5.41) is 4.38. The van der Waals surface area contributed by atoms with Crippen molar-refractivity contribution in [1.82, 2.24) is 9.78 Å². The summed E-state index contributed by atoms with van der Waals surface area (Å²) in [4.78, 5) is 0. The second-order valence-electron chi connectivity index (χ2n) is 4.85. The molecule has 2 aromatic rings. The maximum absolute atomic E-state index is 6.25. The number of methoxy groups -OCH3 is 1. The molecule has 1 heterocycles. The molecule has 0 radical (unpaired) electrons. The summed E-state index contributed by atoms with van der Waals surface area (Å²) in [7, 11) is 3.56. The minimum absolute atomic E-state index is 0.0687. The molecule has 102 valence electrons. The number of nitrogens with zero attached hydrogens (tertiary/aromatic N) is 2. The number of nitrogens with two attached hydrogens (primary N) is 1. The molecule has 0 amide bonds. The van der Waals surface area contributed by atoms with Gasteiger partial charge < -0.3 is 10.5 Å². The van der Waals surface area contributed by atoms with Crippen molar-refractivity contribution in [3.63, 3.8) is 0 Å². The molecule has 0 aliphatic carbocycles. The maximum Gasteiger partial charge on any atom is 0.214 e. The molecule has 4 nitrogen and oxygen atoms in total. The summed E-state index contributed by atoms with van der Waals surface area (Å²) < 4.78 is 7.16. The first-order valence-corrected chi connectivity index (χ1v) is 6.47. The molecular weight excluding hydrogens is 238 g/mol. The van der Waals surface area contributed by atoms with Crippen LogP contribution in [0, 0.1) is 6.92 Å². The van der Waals surface area contributed by atoms with Crippen LogP contribution in [-0.4, -0.2) is 22.9 Å². The van der Waals surface area contributed by atoms with Crippen molar-refractivity contribution >= 4 is 0 Å². The van der Waals surface area contributed by atoms with Crippen LogP contribution in [0.25, 0.3) is 0 Å². The number of ether oxygens (including phenoxy) is 1. The number of hydrogen-bond donors (Lipinski definition) is 1. The smallest absolute Gasteiger partial charge is 0.214 e.